The van der Waals surface area contributed by atoms with Gasteiger partial charge in [0.25, 0.3) is 0 Å². The summed E-state index contributed by atoms with van der Waals surface area (Å²) in [6, 6.07) is 0.0796. The van der Waals surface area contributed by atoms with E-state index >= 15 is 0 Å². The molecule has 39 heavy (non-hydrogen) atoms. The monoisotopic (exact) mass is 595 g/mol. The molecule has 0 aromatic carbocycles. The lowest BCUT2D eigenvalue weighted by Crippen LogP contribution is -2.64. The molecule has 0 amide bonds. The Kier molecular flexibility index (Phi) is 17.8. The molecule has 1 aliphatic heterocycles. The smallest absolute Gasteiger partial charge is 0.356 e. The summed E-state index contributed by atoms with van der Waals surface area (Å²) in [7, 11) is -5.44. The number of unbranched alkanes of at least 4 members (excludes halogenated alkanes) is 4. The van der Waals surface area contributed by atoms with Crippen molar-refractivity contribution in [2.24, 2.45) is 0 Å². The zero-order valence-electron chi connectivity index (χ0n) is 27.0. The van der Waals surface area contributed by atoms with Crippen LogP contribution in [0.5, 0.6) is 0 Å². The van der Waals surface area contributed by atoms with Crippen LogP contribution in [-0.4, -0.2) is 90.0 Å². The van der Waals surface area contributed by atoms with Crippen LogP contribution in [0.3, 0.4) is 0 Å². The van der Waals surface area contributed by atoms with Crippen LogP contribution in [0, 0.1) is 0 Å². The van der Waals surface area contributed by atoms with Gasteiger partial charge in [-0.2, -0.15) is 0 Å². The summed E-state index contributed by atoms with van der Waals surface area (Å²) in [6.45, 7) is 26.1. The molecular formula is C29H62NO7PSi. The third-order valence-corrected chi connectivity index (χ3v) is 14.3. The van der Waals surface area contributed by atoms with E-state index in [1.54, 1.807) is 0 Å². The Labute approximate surface area is 241 Å². The third-order valence-electron chi connectivity index (χ3n) is 7.98. The number of likely N-dealkylation sites (tertiary alicyclic amines) is 1. The Morgan fingerprint density at radius 3 is 2.05 bits per heavy atom. The highest BCUT2D eigenvalue weighted by atomic mass is 31.2. The van der Waals surface area contributed by atoms with E-state index in [1.807, 2.05) is 20.8 Å². The summed E-state index contributed by atoms with van der Waals surface area (Å²) in [4.78, 5) is 2.48. The normalized spacial score (nSPS) is 23.4. The van der Waals surface area contributed by atoms with Crippen molar-refractivity contribution in [3.05, 3.63) is 0 Å². The van der Waals surface area contributed by atoms with Crippen LogP contribution in [-0.2, 0) is 32.2 Å². The van der Waals surface area contributed by atoms with Crippen molar-refractivity contribution in [2.75, 3.05) is 52.5 Å². The predicted molar refractivity (Wildman–Crippen MR) is 163 cm³/mol. The molecule has 0 aromatic rings. The van der Waals surface area contributed by atoms with Gasteiger partial charge in [-0.25, -0.2) is 0 Å². The molecule has 8 nitrogen and oxygen atoms in total. The third kappa shape index (κ3) is 12.9. The minimum absolute atomic E-state index is 0.0748. The van der Waals surface area contributed by atoms with E-state index < -0.39 is 15.9 Å². The molecule has 0 aliphatic carbocycles. The summed E-state index contributed by atoms with van der Waals surface area (Å²) in [5.74, 6) is 0. The fourth-order valence-corrected chi connectivity index (χ4v) is 7.33. The fraction of sp³-hybridized carbons (Fsp3) is 1.00. The highest BCUT2D eigenvalue weighted by Crippen LogP contribution is 2.49. The zero-order chi connectivity index (χ0) is 29.5. The SMILES string of the molecule is CCCCO[C@H]1[C@@H](OCP(=O)(OCC)OCC)[C@@H](C)N(CCCCCCOCC)C[C@@H]1O[Si](C)(C)C(C)(C)C. The molecule has 0 saturated carbocycles. The Morgan fingerprint density at radius 2 is 1.49 bits per heavy atom. The van der Waals surface area contributed by atoms with E-state index in [2.05, 4.69) is 52.6 Å². The molecule has 0 unspecified atom stereocenters. The topological polar surface area (TPSA) is 75.7 Å². The molecule has 1 aliphatic rings. The van der Waals surface area contributed by atoms with Crippen LogP contribution in [0.1, 0.15) is 93.9 Å². The molecule has 10 heteroatoms. The van der Waals surface area contributed by atoms with Crippen LogP contribution in [0.2, 0.25) is 18.1 Å². The van der Waals surface area contributed by atoms with Crippen LogP contribution in [0.25, 0.3) is 0 Å². The Hall–Kier alpha value is 0.167. The van der Waals surface area contributed by atoms with Gasteiger partial charge in [0.05, 0.1) is 19.3 Å². The van der Waals surface area contributed by atoms with Gasteiger partial charge in [0.2, 0.25) is 0 Å². The lowest BCUT2D eigenvalue weighted by atomic mass is 9.94. The number of nitrogens with zero attached hydrogens (tertiary/aromatic N) is 1. The van der Waals surface area contributed by atoms with Crippen molar-refractivity contribution in [3.8, 4) is 0 Å². The number of ether oxygens (including phenoxy) is 3. The van der Waals surface area contributed by atoms with Crippen molar-refractivity contribution >= 4 is 15.9 Å². The maximum Gasteiger partial charge on any atom is 0.356 e. The van der Waals surface area contributed by atoms with Gasteiger partial charge in [0.1, 0.15) is 18.6 Å². The lowest BCUT2D eigenvalue weighted by Gasteiger charge is -2.50. The van der Waals surface area contributed by atoms with E-state index in [1.165, 1.54) is 6.42 Å². The first kappa shape index (κ1) is 37.2. The van der Waals surface area contributed by atoms with Gasteiger partial charge in [-0.15, -0.1) is 0 Å². The second-order valence-corrected chi connectivity index (χ2v) is 18.9. The van der Waals surface area contributed by atoms with Gasteiger partial charge in [0, 0.05) is 32.4 Å². The van der Waals surface area contributed by atoms with Crippen molar-refractivity contribution in [2.45, 2.75) is 136 Å². The molecule has 0 aromatic heterocycles. The molecule has 0 N–H and O–H groups in total. The number of hydrogen-bond acceptors (Lipinski definition) is 8. The van der Waals surface area contributed by atoms with Crippen molar-refractivity contribution < 1.29 is 32.2 Å². The molecule has 0 radical (unpaired) electrons. The largest absolute Gasteiger partial charge is 0.410 e. The highest BCUT2D eigenvalue weighted by Gasteiger charge is 2.48. The van der Waals surface area contributed by atoms with E-state index in [0.717, 1.165) is 58.4 Å². The molecule has 0 spiro atoms. The van der Waals surface area contributed by atoms with Crippen LogP contribution in [0.4, 0.5) is 0 Å². The molecule has 1 saturated heterocycles. The predicted octanol–water partition coefficient (Wildman–Crippen LogP) is 7.47. The van der Waals surface area contributed by atoms with Crippen molar-refractivity contribution in [1.82, 2.24) is 4.90 Å². The zero-order valence-corrected chi connectivity index (χ0v) is 28.9. The van der Waals surface area contributed by atoms with Gasteiger partial charge < -0.3 is 27.7 Å². The second kappa shape index (κ2) is 18.7. The summed E-state index contributed by atoms with van der Waals surface area (Å²) in [5.41, 5.74) is 0. The first-order valence-corrected chi connectivity index (χ1v) is 20.1. The Balaban J connectivity index is 3.17. The van der Waals surface area contributed by atoms with Gasteiger partial charge >= 0.3 is 7.60 Å². The first-order valence-electron chi connectivity index (χ1n) is 15.5. The van der Waals surface area contributed by atoms with Gasteiger partial charge in [-0.05, 0) is 71.6 Å². The molecule has 1 rings (SSSR count). The summed E-state index contributed by atoms with van der Waals surface area (Å²) in [5, 5.41) is 0.0748. The lowest BCUT2D eigenvalue weighted by molar-refractivity contribution is -0.169. The van der Waals surface area contributed by atoms with Crippen LogP contribution in [0.15, 0.2) is 0 Å². The van der Waals surface area contributed by atoms with Crippen molar-refractivity contribution in [3.63, 3.8) is 0 Å². The fourth-order valence-electron chi connectivity index (χ4n) is 4.65. The Bertz CT molecular complexity index is 681. The van der Waals surface area contributed by atoms with Crippen LogP contribution >= 0.6 is 7.60 Å². The van der Waals surface area contributed by atoms with E-state index in [4.69, 9.17) is 27.7 Å². The second-order valence-electron chi connectivity index (χ2n) is 12.2. The quantitative estimate of drug-likeness (QED) is 0.0768. The van der Waals surface area contributed by atoms with Crippen molar-refractivity contribution in [1.29, 1.82) is 0 Å². The summed E-state index contributed by atoms with van der Waals surface area (Å²) >= 11 is 0. The molecule has 1 fully saturated rings. The summed E-state index contributed by atoms with van der Waals surface area (Å²) in [6.07, 6.45) is 5.80. The maximum atomic E-state index is 13.3. The molecule has 1 heterocycles. The van der Waals surface area contributed by atoms with Gasteiger partial charge in [-0.3, -0.25) is 9.46 Å². The van der Waals surface area contributed by atoms with E-state index in [-0.39, 0.29) is 35.7 Å². The average molecular weight is 596 g/mol. The minimum atomic E-state index is -3.36. The standard InChI is InChI=1S/C29H62NO7PSi/c1-11-15-22-33-28-26(37-39(9,10)29(6,7)8)23-30(20-18-16-17-19-21-32-12-2)25(5)27(28)34-24-38(31,35-13-3)36-14-4/h25-28H,11-24H2,1-10H3/t25-,26+,27+,28-/m1/s1. The van der Waals surface area contributed by atoms with E-state index in [9.17, 15) is 4.57 Å². The maximum absolute atomic E-state index is 13.3. The molecule has 0 bridgehead atoms. The molecule has 4 atom stereocenters. The summed E-state index contributed by atoms with van der Waals surface area (Å²) < 4.78 is 50.0. The molecular weight excluding hydrogens is 533 g/mol. The molecule has 234 valence electrons. The van der Waals surface area contributed by atoms with Gasteiger partial charge in [0.15, 0.2) is 8.32 Å². The minimum Gasteiger partial charge on any atom is -0.410 e. The average Bonchev–Trinajstić information content (AvgIpc) is 2.84. The number of piperidine rings is 1. The Morgan fingerprint density at radius 1 is 0.846 bits per heavy atom. The van der Waals surface area contributed by atoms with Crippen LogP contribution < -0.4 is 0 Å². The van der Waals surface area contributed by atoms with Gasteiger partial charge in [-0.1, -0.05) is 47.0 Å². The van der Waals surface area contributed by atoms with E-state index in [0.29, 0.717) is 19.8 Å². The highest BCUT2D eigenvalue weighted by molar-refractivity contribution is 7.53. The number of rotatable bonds is 21. The first-order chi connectivity index (χ1) is 18.4. The number of hydrogen-bond donors (Lipinski definition) is 0.